The molecule has 0 aliphatic carbocycles. The van der Waals surface area contributed by atoms with E-state index in [0.717, 1.165) is 22.1 Å². The third-order valence-electron chi connectivity index (χ3n) is 1.97. The molecule has 0 saturated carbocycles. The minimum Gasteiger partial charge on any atom is -0.356 e. The molecule has 0 aliphatic rings. The van der Waals surface area contributed by atoms with E-state index in [1.165, 1.54) is 0 Å². The summed E-state index contributed by atoms with van der Waals surface area (Å²) in [6.07, 6.45) is 0.725. The second-order valence-corrected chi connectivity index (χ2v) is 4.51. The Balaban J connectivity index is 2.34. The van der Waals surface area contributed by atoms with Crippen LogP contribution in [-0.4, -0.2) is 26.3 Å². The van der Waals surface area contributed by atoms with E-state index in [2.05, 4.69) is 0 Å². The zero-order valence-corrected chi connectivity index (χ0v) is 10.5. The molecule has 84 valence electrons. The normalized spacial score (nSPS) is 10.9. The largest absolute Gasteiger partial charge is 0.356 e. The fourth-order valence-corrected chi connectivity index (χ4v) is 2.37. The molecule has 0 aromatic heterocycles. The van der Waals surface area contributed by atoms with Crippen molar-refractivity contribution in [1.82, 2.24) is 0 Å². The summed E-state index contributed by atoms with van der Waals surface area (Å²) >= 11 is 7.74. The van der Waals surface area contributed by atoms with E-state index in [9.17, 15) is 0 Å². The highest BCUT2D eigenvalue weighted by Gasteiger charge is 2.05. The Hall–Kier alpha value is -0.220. The number of hydrogen-bond donors (Lipinski definition) is 0. The van der Waals surface area contributed by atoms with Gasteiger partial charge in [0.2, 0.25) is 0 Å². The van der Waals surface area contributed by atoms with Crippen molar-refractivity contribution in [3.63, 3.8) is 0 Å². The van der Waals surface area contributed by atoms with Gasteiger partial charge in [-0.1, -0.05) is 23.7 Å². The Kier molecular flexibility index (Phi) is 6.10. The molecular formula is C11H15ClO2S. The Bertz CT molecular complexity index is 290. The van der Waals surface area contributed by atoms with Crippen LogP contribution in [0.25, 0.3) is 0 Å². The van der Waals surface area contributed by atoms with Crippen LogP contribution in [0.4, 0.5) is 0 Å². The van der Waals surface area contributed by atoms with Crippen LogP contribution in [-0.2, 0) is 9.47 Å². The molecule has 0 fully saturated rings. The Labute approximate surface area is 99.9 Å². The number of methoxy groups -OCH3 is 2. The van der Waals surface area contributed by atoms with Gasteiger partial charge in [-0.25, -0.2) is 0 Å². The zero-order valence-electron chi connectivity index (χ0n) is 8.90. The van der Waals surface area contributed by atoms with Crippen molar-refractivity contribution in [3.8, 4) is 0 Å². The number of benzene rings is 1. The third-order valence-corrected chi connectivity index (χ3v) is 3.52. The van der Waals surface area contributed by atoms with Gasteiger partial charge in [0.25, 0.3) is 0 Å². The van der Waals surface area contributed by atoms with Crippen molar-refractivity contribution in [3.05, 3.63) is 29.3 Å². The van der Waals surface area contributed by atoms with Crippen LogP contribution in [0.5, 0.6) is 0 Å². The molecule has 1 aromatic carbocycles. The molecule has 15 heavy (non-hydrogen) atoms. The summed E-state index contributed by atoms with van der Waals surface area (Å²) in [5.41, 5.74) is 0. The van der Waals surface area contributed by atoms with Crippen LogP contribution >= 0.6 is 23.4 Å². The molecule has 1 rings (SSSR count). The third kappa shape index (κ3) is 4.43. The van der Waals surface area contributed by atoms with Crippen LogP contribution < -0.4 is 0 Å². The summed E-state index contributed by atoms with van der Waals surface area (Å²) in [6, 6.07) is 7.83. The first-order valence-corrected chi connectivity index (χ1v) is 6.07. The average Bonchev–Trinajstić information content (AvgIpc) is 2.27. The first-order chi connectivity index (χ1) is 7.27. The Morgan fingerprint density at radius 3 is 2.53 bits per heavy atom. The van der Waals surface area contributed by atoms with Crippen molar-refractivity contribution in [2.75, 3.05) is 20.0 Å². The van der Waals surface area contributed by atoms with E-state index < -0.39 is 0 Å². The monoisotopic (exact) mass is 246 g/mol. The highest BCUT2D eigenvalue weighted by Crippen LogP contribution is 2.27. The summed E-state index contributed by atoms with van der Waals surface area (Å²) in [4.78, 5) is 1.10. The van der Waals surface area contributed by atoms with Crippen LogP contribution in [0.1, 0.15) is 6.42 Å². The van der Waals surface area contributed by atoms with Crippen LogP contribution in [0, 0.1) is 0 Å². The minimum absolute atomic E-state index is 0.125. The predicted molar refractivity (Wildman–Crippen MR) is 64.6 cm³/mol. The summed E-state index contributed by atoms with van der Waals surface area (Å²) < 4.78 is 10.2. The fourth-order valence-electron chi connectivity index (χ4n) is 1.16. The van der Waals surface area contributed by atoms with Crippen molar-refractivity contribution >= 4 is 23.4 Å². The molecule has 1 aromatic rings. The van der Waals surface area contributed by atoms with Crippen molar-refractivity contribution in [2.45, 2.75) is 17.6 Å². The molecule has 0 aliphatic heterocycles. The van der Waals surface area contributed by atoms with Gasteiger partial charge in [0.1, 0.15) is 0 Å². The maximum atomic E-state index is 6.02. The SMILES string of the molecule is COC(CCSc1ccccc1Cl)OC. The van der Waals surface area contributed by atoms with Gasteiger partial charge in [-0.3, -0.25) is 0 Å². The van der Waals surface area contributed by atoms with E-state index >= 15 is 0 Å². The van der Waals surface area contributed by atoms with Gasteiger partial charge in [0, 0.05) is 31.3 Å². The van der Waals surface area contributed by atoms with Gasteiger partial charge in [0.15, 0.2) is 6.29 Å². The average molecular weight is 247 g/mol. The lowest BCUT2D eigenvalue weighted by Crippen LogP contribution is -2.13. The Morgan fingerprint density at radius 2 is 1.93 bits per heavy atom. The molecule has 0 amide bonds. The lowest BCUT2D eigenvalue weighted by Gasteiger charge is -2.12. The predicted octanol–water partition coefficient (Wildman–Crippen LogP) is 3.44. The van der Waals surface area contributed by atoms with Gasteiger partial charge in [-0.15, -0.1) is 11.8 Å². The van der Waals surface area contributed by atoms with E-state index in [-0.39, 0.29) is 6.29 Å². The topological polar surface area (TPSA) is 18.5 Å². The molecule has 0 unspecified atom stereocenters. The molecule has 0 N–H and O–H groups in total. The number of rotatable bonds is 6. The Morgan fingerprint density at radius 1 is 1.27 bits per heavy atom. The van der Waals surface area contributed by atoms with Gasteiger partial charge < -0.3 is 9.47 Å². The minimum atomic E-state index is -0.125. The molecule has 0 heterocycles. The van der Waals surface area contributed by atoms with Crippen molar-refractivity contribution in [1.29, 1.82) is 0 Å². The maximum absolute atomic E-state index is 6.02. The quantitative estimate of drug-likeness (QED) is 0.566. The summed E-state index contributed by atoms with van der Waals surface area (Å²) in [6.45, 7) is 0. The summed E-state index contributed by atoms with van der Waals surface area (Å²) in [7, 11) is 3.29. The first kappa shape index (κ1) is 12.8. The van der Waals surface area contributed by atoms with Gasteiger partial charge in [-0.2, -0.15) is 0 Å². The first-order valence-electron chi connectivity index (χ1n) is 4.71. The summed E-state index contributed by atoms with van der Waals surface area (Å²) in [5, 5.41) is 0.800. The smallest absolute Gasteiger partial charge is 0.157 e. The van der Waals surface area contributed by atoms with Crippen LogP contribution in [0.2, 0.25) is 5.02 Å². The van der Waals surface area contributed by atoms with Crippen molar-refractivity contribution < 1.29 is 9.47 Å². The second-order valence-electron chi connectivity index (χ2n) is 2.97. The molecule has 0 radical (unpaired) electrons. The van der Waals surface area contributed by atoms with Crippen LogP contribution in [0.15, 0.2) is 29.2 Å². The van der Waals surface area contributed by atoms with E-state index in [1.807, 2.05) is 24.3 Å². The van der Waals surface area contributed by atoms with Crippen LogP contribution in [0.3, 0.4) is 0 Å². The second kappa shape index (κ2) is 7.12. The number of thioether (sulfide) groups is 1. The van der Waals surface area contributed by atoms with Gasteiger partial charge >= 0.3 is 0 Å². The molecule has 0 atom stereocenters. The number of ether oxygens (including phenoxy) is 2. The van der Waals surface area contributed by atoms with E-state index in [0.29, 0.717) is 0 Å². The molecule has 0 bridgehead atoms. The molecular weight excluding hydrogens is 232 g/mol. The fraction of sp³-hybridized carbons (Fsp3) is 0.455. The van der Waals surface area contributed by atoms with E-state index in [4.69, 9.17) is 21.1 Å². The van der Waals surface area contributed by atoms with E-state index in [1.54, 1.807) is 26.0 Å². The van der Waals surface area contributed by atoms with Crippen molar-refractivity contribution in [2.24, 2.45) is 0 Å². The number of hydrogen-bond acceptors (Lipinski definition) is 3. The summed E-state index contributed by atoms with van der Waals surface area (Å²) in [5.74, 6) is 0.927. The maximum Gasteiger partial charge on any atom is 0.157 e. The highest BCUT2D eigenvalue weighted by atomic mass is 35.5. The van der Waals surface area contributed by atoms with Gasteiger partial charge in [-0.05, 0) is 12.1 Å². The number of halogens is 1. The molecule has 0 spiro atoms. The molecule has 2 nitrogen and oxygen atoms in total. The molecule has 0 saturated heterocycles. The lowest BCUT2D eigenvalue weighted by atomic mass is 10.4. The van der Waals surface area contributed by atoms with Gasteiger partial charge in [0.05, 0.1) is 5.02 Å². The lowest BCUT2D eigenvalue weighted by molar-refractivity contribution is -0.102. The standard InChI is InChI=1S/C11H15ClO2S/c1-13-11(14-2)7-8-15-10-6-4-3-5-9(10)12/h3-6,11H,7-8H2,1-2H3. The highest BCUT2D eigenvalue weighted by molar-refractivity contribution is 7.99. The zero-order chi connectivity index (χ0) is 11.1. The molecule has 4 heteroatoms.